The number of aromatic nitrogens is 2. The molecule has 0 radical (unpaired) electrons. The van der Waals surface area contributed by atoms with Crippen LogP contribution in [0.1, 0.15) is 82.4 Å². The number of fused-ring (bicyclic) bond motifs is 2. The topological polar surface area (TPSA) is 210 Å². The molecular formula is C44H49F2N11O8. The number of halogens is 2. The van der Waals surface area contributed by atoms with Crippen molar-refractivity contribution >= 4 is 70.3 Å². The quantitative estimate of drug-likeness (QED) is 0.278. The monoisotopic (exact) mass is 897 g/mol. The number of anilines is 5. The number of piperidine rings is 2. The lowest BCUT2D eigenvalue weighted by Gasteiger charge is -2.41. The molecule has 8 amide bonds. The summed E-state index contributed by atoms with van der Waals surface area (Å²) in [5.74, 6) is -6.98. The number of ether oxygens (including phenoxy) is 1. The molecule has 19 nitrogen and oxygen atoms in total. The predicted octanol–water partition coefficient (Wildman–Crippen LogP) is 3.13. The molecule has 5 aliphatic heterocycles. The van der Waals surface area contributed by atoms with Crippen LogP contribution in [0.5, 0.6) is 5.75 Å². The van der Waals surface area contributed by atoms with Crippen molar-refractivity contribution in [3.8, 4) is 5.75 Å². The van der Waals surface area contributed by atoms with E-state index >= 15 is 8.78 Å². The maximum atomic E-state index is 15.1. The third-order valence-corrected chi connectivity index (χ3v) is 13.2. The fourth-order valence-corrected chi connectivity index (χ4v) is 9.80. The highest BCUT2D eigenvalue weighted by Gasteiger charge is 2.49. The molecule has 0 bridgehead atoms. The molecule has 3 saturated heterocycles. The maximum Gasteiger partial charge on any atom is 0.342 e. The standard InChI is InChI=1S/C44H49F2N11O8/c1-52-32-22-47-42(51-36(32)56(27-8-3-4-9-27)24-44(45,46)41(52)63)49-29-13-12-25(21-33(29)65-2)37(59)48-26-7-6-16-55(23-26)43(64)54-19-17-53(18-20-54)30-11-5-10-28-35(30)40(62)57(39(28)61)31-14-15-34(58)50-38(31)60/h5,10-13,21-22,26-27,31H,3-4,6-9,14-20,23-24H2,1-2H3,(H,48,59)(H,47,49,51)(H,50,58,60). The highest BCUT2D eigenvalue weighted by atomic mass is 19.3. The van der Waals surface area contributed by atoms with Gasteiger partial charge in [-0.2, -0.15) is 13.8 Å². The van der Waals surface area contributed by atoms with E-state index in [2.05, 4.69) is 25.9 Å². The number of alkyl halides is 2. The van der Waals surface area contributed by atoms with Gasteiger partial charge in [-0.25, -0.2) is 9.78 Å². The first-order valence-corrected chi connectivity index (χ1v) is 21.9. The highest BCUT2D eigenvalue weighted by Crippen LogP contribution is 2.40. The van der Waals surface area contributed by atoms with E-state index in [0.717, 1.165) is 22.6 Å². The average molecular weight is 898 g/mol. The van der Waals surface area contributed by atoms with Gasteiger partial charge in [-0.05, 0) is 62.4 Å². The lowest BCUT2D eigenvalue weighted by molar-refractivity contribution is -0.140. The summed E-state index contributed by atoms with van der Waals surface area (Å²) in [5.41, 5.74) is 1.84. The number of hydrogen-bond donors (Lipinski definition) is 3. The molecule has 1 saturated carbocycles. The number of urea groups is 1. The number of nitrogens with one attached hydrogen (secondary N) is 3. The van der Waals surface area contributed by atoms with Gasteiger partial charge >= 0.3 is 12.0 Å². The molecule has 65 heavy (non-hydrogen) atoms. The van der Waals surface area contributed by atoms with Gasteiger partial charge in [0.2, 0.25) is 17.8 Å². The summed E-state index contributed by atoms with van der Waals surface area (Å²) >= 11 is 0. The van der Waals surface area contributed by atoms with Gasteiger partial charge in [-0.1, -0.05) is 18.9 Å². The summed E-state index contributed by atoms with van der Waals surface area (Å²) < 4.78 is 35.8. The van der Waals surface area contributed by atoms with Gasteiger partial charge in [0.15, 0.2) is 5.82 Å². The Kier molecular flexibility index (Phi) is 11.5. The second kappa shape index (κ2) is 17.2. The number of hydrogen-bond acceptors (Lipinski definition) is 13. The Balaban J connectivity index is 0.816. The number of likely N-dealkylation sites (tertiary alicyclic amines) is 1. The Morgan fingerprint density at radius 1 is 0.892 bits per heavy atom. The van der Waals surface area contributed by atoms with Crippen LogP contribution in [0.3, 0.4) is 0 Å². The number of carbonyl (C=O) groups is 7. The average Bonchev–Trinajstić information content (AvgIpc) is 3.92. The van der Waals surface area contributed by atoms with Crippen LogP contribution in [0, 0.1) is 0 Å². The first-order valence-electron chi connectivity index (χ1n) is 21.9. The summed E-state index contributed by atoms with van der Waals surface area (Å²) in [4.78, 5) is 109. The zero-order valence-corrected chi connectivity index (χ0v) is 36.0. The first-order chi connectivity index (χ1) is 31.2. The smallest absolute Gasteiger partial charge is 0.342 e. The van der Waals surface area contributed by atoms with Crippen molar-refractivity contribution in [2.24, 2.45) is 0 Å². The zero-order chi connectivity index (χ0) is 45.7. The second-order valence-corrected chi connectivity index (χ2v) is 17.2. The molecule has 6 aliphatic rings. The van der Waals surface area contributed by atoms with Gasteiger partial charge < -0.3 is 39.9 Å². The van der Waals surface area contributed by atoms with E-state index in [-0.39, 0.29) is 65.4 Å². The normalized spacial score (nSPS) is 22.4. The molecule has 3 aromatic rings. The number of benzene rings is 2. The number of carbonyl (C=O) groups excluding carboxylic acids is 7. The number of rotatable bonds is 8. The van der Waals surface area contributed by atoms with Gasteiger partial charge in [0.05, 0.1) is 42.4 Å². The van der Waals surface area contributed by atoms with E-state index in [9.17, 15) is 33.6 Å². The minimum atomic E-state index is -3.61. The van der Waals surface area contributed by atoms with Crippen molar-refractivity contribution in [3.63, 3.8) is 0 Å². The molecular weight excluding hydrogens is 849 g/mol. The van der Waals surface area contributed by atoms with Crippen molar-refractivity contribution in [1.29, 1.82) is 0 Å². The molecule has 21 heteroatoms. The number of imide groups is 2. The fourth-order valence-electron chi connectivity index (χ4n) is 9.80. The Bertz CT molecular complexity index is 2480. The molecule has 2 unspecified atom stereocenters. The van der Waals surface area contributed by atoms with E-state index in [1.54, 1.807) is 46.2 Å². The largest absolute Gasteiger partial charge is 0.495 e. The van der Waals surface area contributed by atoms with Crippen LogP contribution < -0.4 is 35.4 Å². The van der Waals surface area contributed by atoms with Crippen molar-refractivity contribution in [3.05, 3.63) is 59.3 Å². The molecule has 2 atom stereocenters. The Morgan fingerprint density at radius 3 is 2.40 bits per heavy atom. The number of piperazine rings is 1. The van der Waals surface area contributed by atoms with Crippen molar-refractivity contribution in [2.75, 3.05) is 80.0 Å². The van der Waals surface area contributed by atoms with E-state index in [1.165, 1.54) is 25.3 Å². The van der Waals surface area contributed by atoms with Crippen LogP contribution in [0.25, 0.3) is 0 Å². The van der Waals surface area contributed by atoms with Gasteiger partial charge in [-0.3, -0.25) is 39.0 Å². The summed E-state index contributed by atoms with van der Waals surface area (Å²) in [5, 5.41) is 8.36. The van der Waals surface area contributed by atoms with Crippen LogP contribution in [-0.4, -0.2) is 150 Å². The van der Waals surface area contributed by atoms with E-state index in [4.69, 9.17) is 4.74 Å². The van der Waals surface area contributed by atoms with Crippen LogP contribution in [0.2, 0.25) is 0 Å². The van der Waals surface area contributed by atoms with Crippen LogP contribution in [0.4, 0.5) is 42.4 Å². The predicted molar refractivity (Wildman–Crippen MR) is 231 cm³/mol. The number of amides is 8. The molecule has 1 aliphatic carbocycles. The van der Waals surface area contributed by atoms with E-state index in [1.807, 2.05) is 4.90 Å². The molecule has 2 aromatic carbocycles. The van der Waals surface area contributed by atoms with Gasteiger partial charge in [0, 0.05) is 70.4 Å². The molecule has 342 valence electrons. The van der Waals surface area contributed by atoms with E-state index < -0.39 is 48.0 Å². The second-order valence-electron chi connectivity index (χ2n) is 17.2. The summed E-state index contributed by atoms with van der Waals surface area (Å²) in [6.07, 6.45) is 5.94. The van der Waals surface area contributed by atoms with Gasteiger partial charge in [0.25, 0.3) is 23.6 Å². The SMILES string of the molecule is COc1cc(C(=O)NC2CCCN(C(=O)N3CCN(c4cccc5c4C(=O)N(C4CCC(=O)NC4=O)C5=O)CC3)C2)ccc1Nc1ncc2c(n1)N(C1CCCC1)CC(F)(F)C(=O)N2C. The van der Waals surface area contributed by atoms with Crippen molar-refractivity contribution < 1.29 is 47.1 Å². The minimum absolute atomic E-state index is 0.0227. The first kappa shape index (κ1) is 43.3. The lowest BCUT2D eigenvalue weighted by Crippen LogP contribution is -2.57. The van der Waals surface area contributed by atoms with Crippen molar-refractivity contribution in [1.82, 2.24) is 35.3 Å². The number of methoxy groups -OCH3 is 1. The molecule has 0 spiro atoms. The van der Waals surface area contributed by atoms with Crippen LogP contribution in [0.15, 0.2) is 42.6 Å². The van der Waals surface area contributed by atoms with E-state index in [0.29, 0.717) is 87.6 Å². The van der Waals surface area contributed by atoms with Gasteiger partial charge in [0.1, 0.15) is 17.5 Å². The summed E-state index contributed by atoms with van der Waals surface area (Å²) in [6, 6.07) is 7.99. The Labute approximate surface area is 372 Å². The third-order valence-electron chi connectivity index (χ3n) is 13.2. The fraction of sp³-hybridized carbons (Fsp3) is 0.477. The molecule has 3 N–H and O–H groups in total. The molecule has 9 rings (SSSR count). The maximum absolute atomic E-state index is 15.1. The molecule has 4 fully saturated rings. The molecule has 1 aromatic heterocycles. The number of nitrogens with zero attached hydrogens (tertiary/aromatic N) is 8. The zero-order valence-electron chi connectivity index (χ0n) is 36.0. The Hall–Kier alpha value is -6.93. The molecule has 6 heterocycles. The lowest BCUT2D eigenvalue weighted by atomic mass is 10.0. The Morgan fingerprint density at radius 2 is 1.66 bits per heavy atom. The van der Waals surface area contributed by atoms with Crippen LogP contribution in [-0.2, 0) is 14.4 Å². The highest BCUT2D eigenvalue weighted by molar-refractivity contribution is 6.25. The minimum Gasteiger partial charge on any atom is -0.495 e. The third kappa shape index (κ3) is 8.11. The van der Waals surface area contributed by atoms with Crippen molar-refractivity contribution in [2.45, 2.75) is 75.4 Å². The summed E-state index contributed by atoms with van der Waals surface area (Å²) in [6.45, 7) is 1.48. The van der Waals surface area contributed by atoms with Gasteiger partial charge in [-0.15, -0.1) is 0 Å². The van der Waals surface area contributed by atoms with Crippen LogP contribution >= 0.6 is 0 Å². The summed E-state index contributed by atoms with van der Waals surface area (Å²) in [7, 11) is 2.73.